The summed E-state index contributed by atoms with van der Waals surface area (Å²) in [5.74, 6) is -3.27. The molecule has 3 N–H and O–H groups in total. The summed E-state index contributed by atoms with van der Waals surface area (Å²) in [6.45, 7) is 0. The van der Waals surface area contributed by atoms with Gasteiger partial charge in [0, 0.05) is 12.8 Å². The van der Waals surface area contributed by atoms with Crippen molar-refractivity contribution >= 4 is 5.97 Å². The molecule has 1 atom stereocenters. The number of rotatable bonds is 1. The van der Waals surface area contributed by atoms with Crippen LogP contribution in [0.15, 0.2) is 0 Å². The van der Waals surface area contributed by atoms with E-state index >= 15 is 0 Å². The average molecular weight is 160 g/mol. The molecule has 4 heteroatoms. The van der Waals surface area contributed by atoms with Gasteiger partial charge in [-0.15, -0.1) is 0 Å². The standard InChI is InChI=1S/C7H12O4/c8-6(9)5-2-1-3-7(10,11)4-5/h5,10-11H,1-4H2,(H,8,9). The number of carboxylic acids is 1. The highest BCUT2D eigenvalue weighted by atomic mass is 16.5. The number of aliphatic carboxylic acids is 1. The zero-order valence-corrected chi connectivity index (χ0v) is 6.16. The SMILES string of the molecule is O=C(O)C1CCCC(O)(O)C1. The maximum Gasteiger partial charge on any atom is 0.306 e. The molecule has 1 saturated carbocycles. The van der Waals surface area contributed by atoms with Crippen molar-refractivity contribution in [2.24, 2.45) is 5.92 Å². The number of carbonyl (C=O) groups is 1. The van der Waals surface area contributed by atoms with Crippen LogP contribution in [0, 0.1) is 5.92 Å². The molecule has 1 fully saturated rings. The second-order valence-corrected chi connectivity index (χ2v) is 3.11. The van der Waals surface area contributed by atoms with Gasteiger partial charge in [0.05, 0.1) is 5.92 Å². The van der Waals surface area contributed by atoms with Gasteiger partial charge in [0.15, 0.2) is 5.79 Å². The molecular formula is C7H12O4. The van der Waals surface area contributed by atoms with E-state index in [-0.39, 0.29) is 12.8 Å². The van der Waals surface area contributed by atoms with Crippen LogP contribution in [0.1, 0.15) is 25.7 Å². The second-order valence-electron chi connectivity index (χ2n) is 3.11. The maximum atomic E-state index is 10.4. The molecule has 0 amide bonds. The summed E-state index contributed by atoms with van der Waals surface area (Å²) in [5.41, 5.74) is 0. The van der Waals surface area contributed by atoms with Crippen LogP contribution in [0.2, 0.25) is 0 Å². The van der Waals surface area contributed by atoms with E-state index in [1.807, 2.05) is 0 Å². The van der Waals surface area contributed by atoms with Gasteiger partial charge in [0.1, 0.15) is 0 Å². The van der Waals surface area contributed by atoms with Crippen molar-refractivity contribution in [3.8, 4) is 0 Å². The van der Waals surface area contributed by atoms with Crippen LogP contribution < -0.4 is 0 Å². The molecule has 0 aromatic rings. The van der Waals surface area contributed by atoms with Gasteiger partial charge in [0.2, 0.25) is 0 Å². The van der Waals surface area contributed by atoms with Crippen molar-refractivity contribution in [2.45, 2.75) is 31.5 Å². The summed E-state index contributed by atoms with van der Waals surface area (Å²) in [6.07, 6.45) is 1.38. The minimum atomic E-state index is -1.75. The number of hydrogen-bond acceptors (Lipinski definition) is 3. The Hall–Kier alpha value is -0.610. The average Bonchev–Trinajstić information content (AvgIpc) is 1.85. The molecule has 1 aliphatic carbocycles. The van der Waals surface area contributed by atoms with Crippen LogP contribution in [0.25, 0.3) is 0 Å². The Morgan fingerprint density at radius 3 is 2.45 bits per heavy atom. The number of carboxylic acid groups (broad SMARTS) is 1. The fraction of sp³-hybridized carbons (Fsp3) is 0.857. The highest BCUT2D eigenvalue weighted by Gasteiger charge is 2.35. The van der Waals surface area contributed by atoms with E-state index in [1.54, 1.807) is 0 Å². The molecule has 0 spiro atoms. The van der Waals surface area contributed by atoms with Crippen LogP contribution in [0.4, 0.5) is 0 Å². The van der Waals surface area contributed by atoms with Crippen LogP contribution in [0.3, 0.4) is 0 Å². The summed E-state index contributed by atoms with van der Waals surface area (Å²) in [4.78, 5) is 10.4. The first kappa shape index (κ1) is 8.49. The summed E-state index contributed by atoms with van der Waals surface area (Å²) in [7, 11) is 0. The summed E-state index contributed by atoms with van der Waals surface area (Å²) in [6, 6.07) is 0. The van der Waals surface area contributed by atoms with Crippen LogP contribution in [0.5, 0.6) is 0 Å². The van der Waals surface area contributed by atoms with Crippen molar-refractivity contribution in [1.82, 2.24) is 0 Å². The van der Waals surface area contributed by atoms with E-state index in [1.165, 1.54) is 0 Å². The fourth-order valence-electron chi connectivity index (χ4n) is 1.44. The Morgan fingerprint density at radius 2 is 2.09 bits per heavy atom. The number of aliphatic hydroxyl groups is 2. The minimum Gasteiger partial charge on any atom is -0.481 e. The lowest BCUT2D eigenvalue weighted by molar-refractivity contribution is -0.196. The molecule has 4 nitrogen and oxygen atoms in total. The smallest absolute Gasteiger partial charge is 0.306 e. The molecule has 64 valence electrons. The zero-order chi connectivity index (χ0) is 8.48. The zero-order valence-electron chi connectivity index (χ0n) is 6.16. The Balaban J connectivity index is 2.53. The van der Waals surface area contributed by atoms with E-state index < -0.39 is 17.7 Å². The summed E-state index contributed by atoms with van der Waals surface area (Å²) >= 11 is 0. The van der Waals surface area contributed by atoms with Crippen molar-refractivity contribution in [2.75, 3.05) is 0 Å². The highest BCUT2D eigenvalue weighted by Crippen LogP contribution is 2.30. The van der Waals surface area contributed by atoms with E-state index in [2.05, 4.69) is 0 Å². The fourth-order valence-corrected chi connectivity index (χ4v) is 1.44. The van der Waals surface area contributed by atoms with E-state index in [9.17, 15) is 4.79 Å². The Kier molecular flexibility index (Phi) is 2.15. The molecule has 0 bridgehead atoms. The molecule has 1 aliphatic rings. The topological polar surface area (TPSA) is 77.8 Å². The van der Waals surface area contributed by atoms with Gasteiger partial charge in [0.25, 0.3) is 0 Å². The van der Waals surface area contributed by atoms with E-state index in [4.69, 9.17) is 15.3 Å². The lowest BCUT2D eigenvalue weighted by atomic mass is 9.85. The predicted molar refractivity (Wildman–Crippen MR) is 36.8 cm³/mol. The van der Waals surface area contributed by atoms with E-state index in [0.717, 1.165) is 0 Å². The third kappa shape index (κ3) is 2.17. The summed E-state index contributed by atoms with van der Waals surface area (Å²) in [5, 5.41) is 26.7. The van der Waals surface area contributed by atoms with Gasteiger partial charge in [-0.1, -0.05) is 0 Å². The normalized spacial score (nSPS) is 29.8. The first-order chi connectivity index (χ1) is 5.01. The molecule has 1 rings (SSSR count). The van der Waals surface area contributed by atoms with Crippen LogP contribution in [-0.4, -0.2) is 27.1 Å². The lowest BCUT2D eigenvalue weighted by Crippen LogP contribution is -2.37. The Labute approximate surface area is 64.5 Å². The van der Waals surface area contributed by atoms with Gasteiger partial charge < -0.3 is 15.3 Å². The molecular weight excluding hydrogens is 148 g/mol. The van der Waals surface area contributed by atoms with E-state index in [0.29, 0.717) is 12.8 Å². The second kappa shape index (κ2) is 2.79. The third-order valence-corrected chi connectivity index (χ3v) is 2.05. The molecule has 0 aliphatic heterocycles. The molecule has 1 unspecified atom stereocenters. The van der Waals surface area contributed by atoms with Crippen molar-refractivity contribution in [3.63, 3.8) is 0 Å². The molecule has 0 aromatic heterocycles. The van der Waals surface area contributed by atoms with Crippen LogP contribution >= 0.6 is 0 Å². The van der Waals surface area contributed by atoms with Gasteiger partial charge in [-0.3, -0.25) is 4.79 Å². The van der Waals surface area contributed by atoms with Crippen molar-refractivity contribution < 1.29 is 20.1 Å². The third-order valence-electron chi connectivity index (χ3n) is 2.05. The lowest BCUT2D eigenvalue weighted by Gasteiger charge is -2.30. The largest absolute Gasteiger partial charge is 0.481 e. The highest BCUT2D eigenvalue weighted by molar-refractivity contribution is 5.70. The number of hydrogen-bond donors (Lipinski definition) is 3. The van der Waals surface area contributed by atoms with Crippen LogP contribution in [-0.2, 0) is 4.79 Å². The van der Waals surface area contributed by atoms with Gasteiger partial charge in [-0.05, 0) is 12.8 Å². The minimum absolute atomic E-state index is 0.0394. The predicted octanol–water partition coefficient (Wildman–Crippen LogP) is -0.0579. The molecule has 0 saturated heterocycles. The first-order valence-electron chi connectivity index (χ1n) is 3.69. The molecule has 11 heavy (non-hydrogen) atoms. The first-order valence-corrected chi connectivity index (χ1v) is 3.69. The monoisotopic (exact) mass is 160 g/mol. The van der Waals surface area contributed by atoms with Crippen molar-refractivity contribution in [3.05, 3.63) is 0 Å². The summed E-state index contributed by atoms with van der Waals surface area (Å²) < 4.78 is 0. The van der Waals surface area contributed by atoms with Gasteiger partial charge in [-0.25, -0.2) is 0 Å². The quantitative estimate of drug-likeness (QED) is 0.470. The Morgan fingerprint density at radius 1 is 1.45 bits per heavy atom. The van der Waals surface area contributed by atoms with Gasteiger partial charge >= 0.3 is 5.97 Å². The molecule has 0 heterocycles. The molecule has 0 radical (unpaired) electrons. The Bertz CT molecular complexity index is 164. The van der Waals surface area contributed by atoms with Crippen molar-refractivity contribution in [1.29, 1.82) is 0 Å². The molecule has 0 aromatic carbocycles. The maximum absolute atomic E-state index is 10.4. The van der Waals surface area contributed by atoms with Gasteiger partial charge in [-0.2, -0.15) is 0 Å².